The van der Waals surface area contributed by atoms with Crippen LogP contribution in [-0.2, 0) is 30.0 Å². The van der Waals surface area contributed by atoms with Gasteiger partial charge in [0, 0.05) is 6.42 Å². The van der Waals surface area contributed by atoms with Gasteiger partial charge in [-0.1, -0.05) is 124 Å². The Morgan fingerprint density at radius 1 is 0.729 bits per heavy atom. The molecule has 0 fully saturated rings. The highest BCUT2D eigenvalue weighted by Gasteiger charge is 2.50. The Balaban J connectivity index is 1.85. The van der Waals surface area contributed by atoms with Crippen molar-refractivity contribution in [3.05, 3.63) is 109 Å². The van der Waals surface area contributed by atoms with Gasteiger partial charge in [0.25, 0.3) is 8.32 Å². The highest BCUT2D eigenvalue weighted by molar-refractivity contribution is 6.99. The van der Waals surface area contributed by atoms with Gasteiger partial charge in [0.2, 0.25) is 5.91 Å². The van der Waals surface area contributed by atoms with E-state index in [1.807, 2.05) is 36.4 Å². The maximum atomic E-state index is 13.4. The molecule has 0 radical (unpaired) electrons. The molecule has 3 rings (SSSR count). The van der Waals surface area contributed by atoms with Gasteiger partial charge in [-0.05, 0) is 48.2 Å². The van der Waals surface area contributed by atoms with E-state index in [0.717, 1.165) is 10.4 Å². The number of hydrogen-bond donors (Lipinski definition) is 2. The number of rotatable bonds is 13. The first kappa shape index (κ1) is 38.2. The molecule has 2 atom stereocenters. The summed E-state index contributed by atoms with van der Waals surface area (Å²) in [6, 6.07) is 25.6. The van der Waals surface area contributed by atoms with Crippen LogP contribution in [-0.4, -0.2) is 56.6 Å². The van der Waals surface area contributed by atoms with Crippen LogP contribution in [0.15, 0.2) is 103 Å². The third-order valence-corrected chi connectivity index (χ3v) is 12.5. The van der Waals surface area contributed by atoms with Gasteiger partial charge >= 0.3 is 18.1 Å². The quantitative estimate of drug-likeness (QED) is 0.139. The molecule has 0 aliphatic carbocycles. The first-order valence-electron chi connectivity index (χ1n) is 15.8. The summed E-state index contributed by atoms with van der Waals surface area (Å²) in [6.45, 7) is 11.7. The van der Waals surface area contributed by atoms with Crippen LogP contribution in [0.25, 0.3) is 0 Å². The smallest absolute Gasteiger partial charge is 0.458 e. The molecule has 7 nitrogen and oxygen atoms in total. The van der Waals surface area contributed by atoms with E-state index in [4.69, 9.17) is 9.16 Å². The van der Waals surface area contributed by atoms with Gasteiger partial charge in [0.15, 0.2) is 0 Å². The van der Waals surface area contributed by atoms with E-state index >= 15 is 0 Å². The lowest BCUT2D eigenvalue weighted by molar-refractivity contribution is -0.174. The molecule has 0 unspecified atom stereocenters. The van der Waals surface area contributed by atoms with Crippen LogP contribution in [0.3, 0.4) is 0 Å². The summed E-state index contributed by atoms with van der Waals surface area (Å²) in [7, 11) is -2.83. The van der Waals surface area contributed by atoms with Crippen molar-refractivity contribution in [2.75, 3.05) is 6.61 Å². The van der Waals surface area contributed by atoms with Crippen LogP contribution in [0.5, 0.6) is 0 Å². The van der Waals surface area contributed by atoms with Crippen LogP contribution in [0.4, 0.5) is 13.2 Å². The van der Waals surface area contributed by atoms with E-state index < -0.39 is 50.0 Å². The third kappa shape index (κ3) is 10.6. The van der Waals surface area contributed by atoms with Crippen molar-refractivity contribution in [2.45, 2.75) is 83.3 Å². The van der Waals surface area contributed by atoms with Crippen molar-refractivity contribution in [1.29, 1.82) is 0 Å². The van der Waals surface area contributed by atoms with Crippen molar-refractivity contribution >= 4 is 36.5 Å². The zero-order chi connectivity index (χ0) is 35.6. The summed E-state index contributed by atoms with van der Waals surface area (Å²) in [5.41, 5.74) is -0.376. The van der Waals surface area contributed by atoms with Crippen molar-refractivity contribution in [3.63, 3.8) is 0 Å². The first-order chi connectivity index (χ1) is 22.4. The molecule has 0 spiro atoms. The number of nitrogens with one attached hydrogen (secondary N) is 2. The normalized spacial score (nSPS) is 13.9. The molecular weight excluding hydrogens is 637 g/mol. The van der Waals surface area contributed by atoms with Crippen molar-refractivity contribution in [2.24, 2.45) is 0 Å². The number of ether oxygens (including phenoxy) is 1. The molecule has 0 aliphatic heterocycles. The summed E-state index contributed by atoms with van der Waals surface area (Å²) in [5.74, 6) is -3.98. The Hall–Kier alpha value is -4.22. The summed E-state index contributed by atoms with van der Waals surface area (Å²) in [4.78, 5) is 38.5. The molecule has 48 heavy (non-hydrogen) atoms. The van der Waals surface area contributed by atoms with Gasteiger partial charge in [0.05, 0.1) is 6.61 Å². The van der Waals surface area contributed by atoms with E-state index in [1.54, 1.807) is 68.6 Å². The van der Waals surface area contributed by atoms with E-state index in [9.17, 15) is 27.6 Å². The van der Waals surface area contributed by atoms with Crippen LogP contribution >= 0.6 is 0 Å². The van der Waals surface area contributed by atoms with Gasteiger partial charge in [-0.15, -0.1) is 0 Å². The standard InChI is InChI=1S/C37H45F3N2O5Si/c1-35(2,3)47-33(44)30(41-32(43)31(42-34(45)37(38,39)40)26-27-18-10-7-11-19-27)24-16-17-25-46-48(36(4,5)6,28-20-12-8-13-21-28)29-22-14-9-15-23-29/h7-23,30-31H,24-26H2,1-6H3,(H,41,43)(H,42,45)/b17-16+/t30-,31+/m1/s1. The average molecular weight is 683 g/mol. The van der Waals surface area contributed by atoms with Gasteiger partial charge in [-0.3, -0.25) is 9.59 Å². The monoisotopic (exact) mass is 682 g/mol. The molecule has 11 heteroatoms. The molecule has 2 N–H and O–H groups in total. The van der Waals surface area contributed by atoms with Crippen molar-refractivity contribution < 1.29 is 36.7 Å². The Bertz CT molecular complexity index is 1480. The lowest BCUT2D eigenvalue weighted by atomic mass is 10.0. The Labute approximate surface area is 282 Å². The number of carbonyl (C=O) groups is 3. The molecule has 0 saturated carbocycles. The van der Waals surface area contributed by atoms with Gasteiger partial charge < -0.3 is 19.8 Å². The number of benzene rings is 3. The van der Waals surface area contributed by atoms with Gasteiger partial charge in [-0.2, -0.15) is 13.2 Å². The Kier molecular flexibility index (Phi) is 12.9. The summed E-state index contributed by atoms with van der Waals surface area (Å²) < 4.78 is 51.9. The van der Waals surface area contributed by atoms with Gasteiger partial charge in [-0.25, -0.2) is 4.79 Å². The second-order valence-corrected chi connectivity index (χ2v) is 17.8. The predicted molar refractivity (Wildman–Crippen MR) is 183 cm³/mol. The molecule has 0 heterocycles. The molecule has 0 aromatic heterocycles. The lowest BCUT2D eigenvalue weighted by Crippen LogP contribution is -2.66. The zero-order valence-electron chi connectivity index (χ0n) is 28.3. The van der Waals surface area contributed by atoms with Crippen LogP contribution < -0.4 is 21.0 Å². The number of carbonyl (C=O) groups excluding carboxylic acids is 3. The number of halogens is 3. The Morgan fingerprint density at radius 2 is 1.23 bits per heavy atom. The third-order valence-electron chi connectivity index (χ3n) is 7.52. The zero-order valence-corrected chi connectivity index (χ0v) is 29.3. The number of hydrogen-bond acceptors (Lipinski definition) is 5. The second kappa shape index (κ2) is 16.3. The fraction of sp³-hybridized carbons (Fsp3) is 0.378. The number of esters is 1. The summed E-state index contributed by atoms with van der Waals surface area (Å²) in [6.07, 6.45) is -2.02. The molecule has 0 saturated heterocycles. The van der Waals surface area contributed by atoms with E-state index in [0.29, 0.717) is 5.56 Å². The van der Waals surface area contributed by atoms with Crippen LogP contribution in [0.1, 0.15) is 53.5 Å². The summed E-state index contributed by atoms with van der Waals surface area (Å²) in [5, 5.41) is 6.23. The van der Waals surface area contributed by atoms with Crippen LogP contribution in [0, 0.1) is 0 Å². The van der Waals surface area contributed by atoms with E-state index in [2.05, 4.69) is 50.4 Å². The minimum atomic E-state index is -5.20. The molecule has 258 valence electrons. The number of alkyl halides is 3. The Morgan fingerprint density at radius 3 is 1.69 bits per heavy atom. The molecular formula is C37H45F3N2O5Si. The summed E-state index contributed by atoms with van der Waals surface area (Å²) >= 11 is 0. The number of amides is 2. The maximum absolute atomic E-state index is 13.4. The average Bonchev–Trinajstić information content (AvgIpc) is 3.01. The predicted octanol–water partition coefficient (Wildman–Crippen LogP) is 5.63. The fourth-order valence-corrected chi connectivity index (χ4v) is 9.90. The topological polar surface area (TPSA) is 93.7 Å². The minimum absolute atomic E-state index is 0.0317. The van der Waals surface area contributed by atoms with Crippen molar-refractivity contribution in [1.82, 2.24) is 10.6 Å². The molecule has 3 aromatic carbocycles. The molecule has 0 bridgehead atoms. The highest BCUT2D eigenvalue weighted by Crippen LogP contribution is 2.36. The molecule has 0 aliphatic rings. The van der Waals surface area contributed by atoms with E-state index in [-0.39, 0.29) is 24.5 Å². The minimum Gasteiger partial charge on any atom is -0.458 e. The second-order valence-electron chi connectivity index (χ2n) is 13.5. The molecule has 3 aromatic rings. The lowest BCUT2D eigenvalue weighted by Gasteiger charge is -2.42. The fourth-order valence-electron chi connectivity index (χ4n) is 5.39. The maximum Gasteiger partial charge on any atom is 0.471 e. The molecule has 2 amide bonds. The largest absolute Gasteiger partial charge is 0.471 e. The van der Waals surface area contributed by atoms with Crippen LogP contribution in [0.2, 0.25) is 5.04 Å². The van der Waals surface area contributed by atoms with Crippen molar-refractivity contribution in [3.8, 4) is 0 Å². The highest BCUT2D eigenvalue weighted by atomic mass is 28.4. The SMILES string of the molecule is CC(C)(C)OC(=O)[C@@H](C/C=C/CO[Si](c1ccccc1)(c1ccccc1)C(C)(C)C)NC(=O)[C@H](Cc1ccccc1)NC(=O)C(F)(F)F. The van der Waals surface area contributed by atoms with E-state index in [1.165, 1.54) is 0 Å². The first-order valence-corrected chi connectivity index (χ1v) is 17.7. The van der Waals surface area contributed by atoms with Gasteiger partial charge in [0.1, 0.15) is 17.7 Å².